The molecule has 9 heteroatoms. The predicted molar refractivity (Wildman–Crippen MR) is 141 cm³/mol. The highest BCUT2D eigenvalue weighted by molar-refractivity contribution is 7.80. The minimum absolute atomic E-state index is 0.00815. The summed E-state index contributed by atoms with van der Waals surface area (Å²) >= 11 is 5.21. The quantitative estimate of drug-likeness (QED) is 0.304. The first-order valence-electron chi connectivity index (χ1n) is 11.1. The van der Waals surface area contributed by atoms with E-state index < -0.39 is 5.82 Å². The molecule has 0 bridgehead atoms. The number of thiocarbonyl (C=S) groups is 1. The third-order valence-electron chi connectivity index (χ3n) is 5.47. The van der Waals surface area contributed by atoms with Crippen LogP contribution in [0.25, 0.3) is 10.9 Å². The molecule has 2 N–H and O–H groups in total. The first-order valence-corrected chi connectivity index (χ1v) is 11.5. The van der Waals surface area contributed by atoms with Crippen molar-refractivity contribution >= 4 is 39.8 Å². The summed E-state index contributed by atoms with van der Waals surface area (Å²) in [5.41, 5.74) is 2.57. The number of nitrogens with zero attached hydrogens (tertiary/aromatic N) is 1. The maximum absolute atomic E-state index is 14.9. The molecule has 3 aromatic carbocycles. The molecule has 1 heterocycles. The van der Waals surface area contributed by atoms with Crippen LogP contribution >= 0.6 is 12.2 Å². The molecule has 7 nitrogen and oxygen atoms in total. The third kappa shape index (κ3) is 5.52. The third-order valence-corrected chi connectivity index (χ3v) is 5.67. The normalized spacial score (nSPS) is 10.6. The molecule has 0 radical (unpaired) electrons. The zero-order chi connectivity index (χ0) is 25.7. The zero-order valence-electron chi connectivity index (χ0n) is 19.9. The van der Waals surface area contributed by atoms with Gasteiger partial charge in [-0.15, -0.1) is 0 Å². The fourth-order valence-corrected chi connectivity index (χ4v) is 3.76. The van der Waals surface area contributed by atoms with Gasteiger partial charge in [0.1, 0.15) is 5.75 Å². The predicted octanol–water partition coefficient (Wildman–Crippen LogP) is 5.87. The Morgan fingerprint density at radius 1 is 0.944 bits per heavy atom. The second-order valence-electron chi connectivity index (χ2n) is 7.74. The summed E-state index contributed by atoms with van der Waals surface area (Å²) in [5, 5.41) is 6.09. The van der Waals surface area contributed by atoms with Gasteiger partial charge in [0, 0.05) is 35.0 Å². The molecule has 0 saturated carbocycles. The SMILES string of the molecule is CCc1ccc(C(=O)NC(=S)Nc2ccc(Oc3ccnc4cc(OC)c(OC)cc34)c(F)c2)cc1. The van der Waals surface area contributed by atoms with Gasteiger partial charge in [0.2, 0.25) is 0 Å². The van der Waals surface area contributed by atoms with Crippen LogP contribution in [0.1, 0.15) is 22.8 Å². The van der Waals surface area contributed by atoms with E-state index in [9.17, 15) is 9.18 Å². The second kappa shape index (κ2) is 11.0. The molecule has 1 aromatic heterocycles. The van der Waals surface area contributed by atoms with E-state index in [0.717, 1.165) is 12.0 Å². The molecule has 0 fully saturated rings. The summed E-state index contributed by atoms with van der Waals surface area (Å²) in [6.45, 7) is 2.04. The fourth-order valence-electron chi connectivity index (χ4n) is 3.55. The molecular formula is C27H24FN3O4S. The summed E-state index contributed by atoms with van der Waals surface area (Å²) < 4.78 is 31.4. The monoisotopic (exact) mass is 505 g/mol. The number of ether oxygens (including phenoxy) is 3. The number of benzene rings is 3. The van der Waals surface area contributed by atoms with E-state index in [-0.39, 0.29) is 16.8 Å². The number of rotatable bonds is 7. The minimum atomic E-state index is -0.616. The molecular weight excluding hydrogens is 481 g/mol. The molecule has 4 rings (SSSR count). The molecule has 0 unspecified atom stereocenters. The number of pyridine rings is 1. The van der Waals surface area contributed by atoms with Crippen molar-refractivity contribution in [1.82, 2.24) is 10.3 Å². The summed E-state index contributed by atoms with van der Waals surface area (Å²) in [7, 11) is 3.07. The van der Waals surface area contributed by atoms with E-state index >= 15 is 0 Å². The number of amides is 1. The smallest absolute Gasteiger partial charge is 0.257 e. The van der Waals surface area contributed by atoms with Crippen LogP contribution in [0.5, 0.6) is 23.0 Å². The average molecular weight is 506 g/mol. The van der Waals surface area contributed by atoms with Crippen LogP contribution in [0.4, 0.5) is 10.1 Å². The standard InChI is InChI=1S/C27H24FN3O4S/c1-4-16-5-7-17(8-6-16)26(32)31-27(36)30-18-9-10-23(20(28)13-18)35-22-11-12-29-21-15-25(34-3)24(33-2)14-19(21)22/h5-15H,4H2,1-3H3,(H2,30,31,32,36). The fraction of sp³-hybridized carbons (Fsp3) is 0.148. The number of carbonyl (C=O) groups excluding carboxylic acids is 1. The number of aryl methyl sites for hydroxylation is 1. The number of hydrogen-bond donors (Lipinski definition) is 2. The van der Waals surface area contributed by atoms with Gasteiger partial charge < -0.3 is 19.5 Å². The highest BCUT2D eigenvalue weighted by Gasteiger charge is 2.14. The maximum Gasteiger partial charge on any atom is 0.257 e. The van der Waals surface area contributed by atoms with E-state index in [4.69, 9.17) is 26.4 Å². The van der Waals surface area contributed by atoms with Gasteiger partial charge in [-0.3, -0.25) is 15.1 Å². The Hall–Kier alpha value is -4.24. The van der Waals surface area contributed by atoms with E-state index in [0.29, 0.717) is 39.4 Å². The zero-order valence-corrected chi connectivity index (χ0v) is 20.7. The Morgan fingerprint density at radius 3 is 2.33 bits per heavy atom. The summed E-state index contributed by atoms with van der Waals surface area (Å²) in [6.07, 6.45) is 2.45. The number of anilines is 1. The Labute approximate surface area is 213 Å². The van der Waals surface area contributed by atoms with Crippen molar-refractivity contribution in [2.45, 2.75) is 13.3 Å². The van der Waals surface area contributed by atoms with Crippen LogP contribution in [0, 0.1) is 5.82 Å². The Kier molecular flexibility index (Phi) is 7.60. The van der Waals surface area contributed by atoms with E-state index in [2.05, 4.69) is 15.6 Å². The van der Waals surface area contributed by atoms with Crippen molar-refractivity contribution in [3.8, 4) is 23.0 Å². The molecule has 4 aromatic rings. The number of methoxy groups -OCH3 is 2. The number of fused-ring (bicyclic) bond motifs is 1. The first-order chi connectivity index (χ1) is 17.4. The van der Waals surface area contributed by atoms with Crippen LogP contribution in [0.2, 0.25) is 0 Å². The molecule has 184 valence electrons. The molecule has 0 atom stereocenters. The van der Waals surface area contributed by atoms with Crippen LogP contribution in [0.15, 0.2) is 66.9 Å². The summed E-state index contributed by atoms with van der Waals surface area (Å²) in [4.78, 5) is 16.7. The highest BCUT2D eigenvalue weighted by atomic mass is 32.1. The number of halogens is 1. The topological polar surface area (TPSA) is 81.7 Å². The van der Waals surface area contributed by atoms with Gasteiger partial charge in [0.05, 0.1) is 19.7 Å². The molecule has 1 amide bonds. The summed E-state index contributed by atoms with van der Waals surface area (Å²) in [6, 6.07) is 16.6. The lowest BCUT2D eigenvalue weighted by Gasteiger charge is -2.14. The van der Waals surface area contributed by atoms with Gasteiger partial charge >= 0.3 is 0 Å². The van der Waals surface area contributed by atoms with Crippen molar-refractivity contribution in [2.24, 2.45) is 0 Å². The van der Waals surface area contributed by atoms with Gasteiger partial charge in [-0.05, 0) is 60.6 Å². The van der Waals surface area contributed by atoms with Gasteiger partial charge in [-0.1, -0.05) is 19.1 Å². The minimum Gasteiger partial charge on any atom is -0.493 e. The van der Waals surface area contributed by atoms with Gasteiger partial charge in [0.15, 0.2) is 28.2 Å². The van der Waals surface area contributed by atoms with Crippen LogP contribution < -0.4 is 24.8 Å². The van der Waals surface area contributed by atoms with Crippen molar-refractivity contribution in [3.63, 3.8) is 0 Å². The van der Waals surface area contributed by atoms with Crippen LogP contribution in [0.3, 0.4) is 0 Å². The van der Waals surface area contributed by atoms with E-state index in [1.165, 1.54) is 26.4 Å². The Balaban J connectivity index is 1.47. The highest BCUT2D eigenvalue weighted by Crippen LogP contribution is 2.37. The number of hydrogen-bond acceptors (Lipinski definition) is 6. The lowest BCUT2D eigenvalue weighted by Crippen LogP contribution is -2.34. The molecule has 0 aliphatic heterocycles. The number of nitrogens with one attached hydrogen (secondary N) is 2. The number of carbonyl (C=O) groups is 1. The van der Waals surface area contributed by atoms with Crippen molar-refractivity contribution < 1.29 is 23.4 Å². The molecule has 0 aliphatic rings. The molecule has 0 spiro atoms. The van der Waals surface area contributed by atoms with Crippen molar-refractivity contribution in [3.05, 3.63) is 83.8 Å². The van der Waals surface area contributed by atoms with Crippen molar-refractivity contribution in [1.29, 1.82) is 0 Å². The van der Waals surface area contributed by atoms with E-state index in [1.807, 2.05) is 19.1 Å². The van der Waals surface area contributed by atoms with Crippen molar-refractivity contribution in [2.75, 3.05) is 19.5 Å². The lowest BCUT2D eigenvalue weighted by atomic mass is 10.1. The molecule has 0 saturated heterocycles. The average Bonchev–Trinajstić information content (AvgIpc) is 2.89. The van der Waals surface area contributed by atoms with Gasteiger partial charge in [-0.2, -0.15) is 0 Å². The van der Waals surface area contributed by atoms with Crippen LogP contribution in [-0.2, 0) is 6.42 Å². The van der Waals surface area contributed by atoms with Gasteiger partial charge in [0.25, 0.3) is 5.91 Å². The largest absolute Gasteiger partial charge is 0.493 e. The lowest BCUT2D eigenvalue weighted by molar-refractivity contribution is 0.0977. The van der Waals surface area contributed by atoms with Crippen LogP contribution in [-0.4, -0.2) is 30.2 Å². The van der Waals surface area contributed by atoms with Gasteiger partial charge in [-0.25, -0.2) is 4.39 Å². The Bertz CT molecular complexity index is 1430. The molecule has 36 heavy (non-hydrogen) atoms. The molecule has 0 aliphatic carbocycles. The Morgan fingerprint density at radius 2 is 1.67 bits per heavy atom. The number of aromatic nitrogens is 1. The summed E-state index contributed by atoms with van der Waals surface area (Å²) in [5.74, 6) is 0.463. The first kappa shape index (κ1) is 24.9. The second-order valence-corrected chi connectivity index (χ2v) is 8.15. The maximum atomic E-state index is 14.9. The van der Waals surface area contributed by atoms with E-state index in [1.54, 1.807) is 42.6 Å².